The van der Waals surface area contributed by atoms with Gasteiger partial charge in [-0.15, -0.1) is 22.7 Å². The molecule has 0 unspecified atom stereocenters. The van der Waals surface area contributed by atoms with Gasteiger partial charge in [-0.2, -0.15) is 0 Å². The second kappa shape index (κ2) is 7.85. The number of hydrogen-bond donors (Lipinski definition) is 0. The third-order valence-electron chi connectivity index (χ3n) is 4.25. The lowest BCUT2D eigenvalue weighted by Gasteiger charge is -2.07. The molecule has 6 heteroatoms. The van der Waals surface area contributed by atoms with E-state index in [0.717, 1.165) is 21.1 Å². The van der Waals surface area contributed by atoms with E-state index in [1.165, 1.54) is 11.3 Å². The summed E-state index contributed by atoms with van der Waals surface area (Å²) in [6, 6.07) is 9.45. The number of carbonyl (C=O) groups excluding carboxylic acids is 2. The van der Waals surface area contributed by atoms with Gasteiger partial charge < -0.3 is 9.30 Å². The van der Waals surface area contributed by atoms with Crippen LogP contribution in [0.15, 0.2) is 41.1 Å². The zero-order chi connectivity index (χ0) is 18.7. The Balaban J connectivity index is 1.76. The predicted molar refractivity (Wildman–Crippen MR) is 107 cm³/mol. The second-order valence-electron chi connectivity index (χ2n) is 5.89. The van der Waals surface area contributed by atoms with Gasteiger partial charge in [-0.25, -0.2) is 4.79 Å². The molecule has 0 amide bonds. The van der Waals surface area contributed by atoms with Crippen LogP contribution in [-0.2, 0) is 16.6 Å². The summed E-state index contributed by atoms with van der Waals surface area (Å²) in [6.45, 7) is 3.56. The van der Waals surface area contributed by atoms with Crippen LogP contribution in [0, 0.1) is 13.8 Å². The summed E-state index contributed by atoms with van der Waals surface area (Å²) < 4.78 is 7.29. The molecule has 3 aromatic heterocycles. The Morgan fingerprint density at radius 3 is 2.46 bits per heavy atom. The number of aromatic nitrogens is 1. The SMILES string of the molecule is Cc1cc(C(=O)COC(=O)/C(=C/c2cccs2)c2cccs2)c(C)n1C. The van der Waals surface area contributed by atoms with E-state index in [1.807, 2.05) is 66.6 Å². The van der Waals surface area contributed by atoms with Gasteiger partial charge in [0.25, 0.3) is 0 Å². The summed E-state index contributed by atoms with van der Waals surface area (Å²) in [4.78, 5) is 26.9. The van der Waals surface area contributed by atoms with E-state index in [2.05, 4.69) is 0 Å². The zero-order valence-electron chi connectivity index (χ0n) is 14.8. The number of ether oxygens (including phenoxy) is 1. The summed E-state index contributed by atoms with van der Waals surface area (Å²) in [6.07, 6.45) is 1.81. The molecule has 0 fully saturated rings. The van der Waals surface area contributed by atoms with Gasteiger partial charge in [-0.05, 0) is 48.9 Å². The highest BCUT2D eigenvalue weighted by Gasteiger charge is 2.19. The van der Waals surface area contributed by atoms with Crippen LogP contribution in [0.5, 0.6) is 0 Å². The van der Waals surface area contributed by atoms with Crippen molar-refractivity contribution in [1.82, 2.24) is 4.57 Å². The Labute approximate surface area is 160 Å². The van der Waals surface area contributed by atoms with Crippen LogP contribution in [0.1, 0.15) is 31.5 Å². The van der Waals surface area contributed by atoms with E-state index in [1.54, 1.807) is 17.4 Å². The number of aryl methyl sites for hydroxylation is 1. The van der Waals surface area contributed by atoms with Gasteiger partial charge >= 0.3 is 5.97 Å². The molecule has 26 heavy (non-hydrogen) atoms. The van der Waals surface area contributed by atoms with Crippen LogP contribution >= 0.6 is 22.7 Å². The van der Waals surface area contributed by atoms with Crippen molar-refractivity contribution >= 4 is 46.1 Å². The lowest BCUT2D eigenvalue weighted by molar-refractivity contribution is -0.135. The fourth-order valence-electron chi connectivity index (χ4n) is 2.60. The average molecular weight is 386 g/mol. The van der Waals surface area contributed by atoms with Crippen LogP contribution in [0.25, 0.3) is 11.6 Å². The monoisotopic (exact) mass is 385 g/mol. The molecule has 0 radical (unpaired) electrons. The first-order valence-electron chi connectivity index (χ1n) is 8.09. The highest BCUT2D eigenvalue weighted by molar-refractivity contribution is 7.12. The molecular formula is C20H19NO3S2. The van der Waals surface area contributed by atoms with Crippen LogP contribution < -0.4 is 0 Å². The second-order valence-corrected chi connectivity index (χ2v) is 7.82. The molecule has 0 aliphatic heterocycles. The molecule has 0 bridgehead atoms. The first-order chi connectivity index (χ1) is 12.5. The molecule has 0 N–H and O–H groups in total. The number of thiophene rings is 2. The van der Waals surface area contributed by atoms with Gasteiger partial charge in [0.1, 0.15) is 0 Å². The fraction of sp³-hybridized carbons (Fsp3) is 0.200. The molecule has 0 aliphatic carbocycles. The van der Waals surface area contributed by atoms with Crippen molar-refractivity contribution in [2.75, 3.05) is 6.61 Å². The summed E-state index contributed by atoms with van der Waals surface area (Å²) in [7, 11) is 1.91. The standard InChI is InChI=1S/C20H19NO3S2/c1-13-10-16(14(2)21(13)3)18(22)12-24-20(23)17(19-7-5-9-26-19)11-15-6-4-8-25-15/h4-11H,12H2,1-3H3/b17-11+. The van der Waals surface area contributed by atoms with Gasteiger partial charge in [0.05, 0.1) is 5.57 Å². The van der Waals surface area contributed by atoms with E-state index in [9.17, 15) is 9.59 Å². The number of hydrogen-bond acceptors (Lipinski definition) is 5. The van der Waals surface area contributed by atoms with Gasteiger partial charge in [0.2, 0.25) is 5.78 Å². The van der Waals surface area contributed by atoms with Crippen molar-refractivity contribution in [2.45, 2.75) is 13.8 Å². The highest BCUT2D eigenvalue weighted by atomic mass is 32.1. The molecule has 0 spiro atoms. The number of carbonyl (C=O) groups is 2. The molecule has 0 saturated heterocycles. The molecule has 134 valence electrons. The third-order valence-corrected chi connectivity index (χ3v) is 5.97. The molecule has 4 nitrogen and oxygen atoms in total. The van der Waals surface area contributed by atoms with Crippen LogP contribution in [0.4, 0.5) is 0 Å². The van der Waals surface area contributed by atoms with E-state index < -0.39 is 5.97 Å². The Hall–Kier alpha value is -2.44. The number of esters is 1. The van der Waals surface area contributed by atoms with Crippen molar-refractivity contribution in [3.63, 3.8) is 0 Å². The lowest BCUT2D eigenvalue weighted by Crippen LogP contribution is -2.15. The smallest absolute Gasteiger partial charge is 0.340 e. The number of ketones is 1. The van der Waals surface area contributed by atoms with E-state index >= 15 is 0 Å². The first kappa shape index (κ1) is 18.4. The largest absolute Gasteiger partial charge is 0.454 e. The Morgan fingerprint density at radius 1 is 1.15 bits per heavy atom. The Bertz CT molecular complexity index is 948. The minimum Gasteiger partial charge on any atom is -0.454 e. The Kier molecular flexibility index (Phi) is 5.54. The van der Waals surface area contributed by atoms with Gasteiger partial charge in [-0.3, -0.25) is 4.79 Å². The van der Waals surface area contributed by atoms with E-state index in [-0.39, 0.29) is 12.4 Å². The van der Waals surface area contributed by atoms with Crippen molar-refractivity contribution in [3.8, 4) is 0 Å². The van der Waals surface area contributed by atoms with Crippen molar-refractivity contribution in [3.05, 3.63) is 67.8 Å². The summed E-state index contributed by atoms with van der Waals surface area (Å²) >= 11 is 3.01. The van der Waals surface area contributed by atoms with E-state index in [0.29, 0.717) is 11.1 Å². The van der Waals surface area contributed by atoms with Crippen molar-refractivity contribution < 1.29 is 14.3 Å². The maximum atomic E-state index is 12.6. The summed E-state index contributed by atoms with van der Waals surface area (Å²) in [5.41, 5.74) is 2.93. The van der Waals surface area contributed by atoms with Gasteiger partial charge in [0.15, 0.2) is 6.61 Å². The molecule has 0 atom stereocenters. The first-order valence-corrected chi connectivity index (χ1v) is 9.85. The van der Waals surface area contributed by atoms with Gasteiger partial charge in [-0.1, -0.05) is 12.1 Å². The predicted octanol–water partition coefficient (Wildman–Crippen LogP) is 4.73. The molecule has 0 aliphatic rings. The normalized spacial score (nSPS) is 11.6. The van der Waals surface area contributed by atoms with Crippen LogP contribution in [0.3, 0.4) is 0 Å². The van der Waals surface area contributed by atoms with E-state index in [4.69, 9.17) is 4.74 Å². The Morgan fingerprint density at radius 2 is 1.88 bits per heavy atom. The topological polar surface area (TPSA) is 48.3 Å². The van der Waals surface area contributed by atoms with Crippen LogP contribution in [-0.4, -0.2) is 22.9 Å². The minimum absolute atomic E-state index is 0.193. The van der Waals surface area contributed by atoms with Crippen LogP contribution in [0.2, 0.25) is 0 Å². The number of rotatable bonds is 6. The molecule has 0 aromatic carbocycles. The maximum Gasteiger partial charge on any atom is 0.340 e. The molecular weight excluding hydrogens is 366 g/mol. The maximum absolute atomic E-state index is 12.6. The molecule has 3 rings (SSSR count). The molecule has 0 saturated carbocycles. The third kappa shape index (κ3) is 3.86. The summed E-state index contributed by atoms with van der Waals surface area (Å²) in [5.74, 6) is -0.680. The van der Waals surface area contributed by atoms with Crippen molar-refractivity contribution in [2.24, 2.45) is 7.05 Å². The zero-order valence-corrected chi connectivity index (χ0v) is 16.4. The minimum atomic E-state index is -0.487. The quantitative estimate of drug-likeness (QED) is 0.350. The molecule has 3 aromatic rings. The van der Waals surface area contributed by atoms with Crippen molar-refractivity contribution in [1.29, 1.82) is 0 Å². The fourth-order valence-corrected chi connectivity index (χ4v) is 3.99. The average Bonchev–Trinajstić information content (AvgIpc) is 3.37. The highest BCUT2D eigenvalue weighted by Crippen LogP contribution is 2.26. The summed E-state index contributed by atoms with van der Waals surface area (Å²) in [5, 5.41) is 3.86. The number of nitrogens with zero attached hydrogens (tertiary/aromatic N) is 1. The molecule has 3 heterocycles. The number of Topliss-reactive ketones (excluding diaryl/α,β-unsaturated/α-hetero) is 1. The van der Waals surface area contributed by atoms with Gasteiger partial charge in [0, 0.05) is 33.8 Å². The lowest BCUT2D eigenvalue weighted by atomic mass is 10.1.